The summed E-state index contributed by atoms with van der Waals surface area (Å²) in [6.07, 6.45) is 2.58. The summed E-state index contributed by atoms with van der Waals surface area (Å²) in [6.45, 7) is 5.45. The van der Waals surface area contributed by atoms with Crippen molar-refractivity contribution in [2.24, 2.45) is 0 Å². The molecule has 3 rings (SSSR count). The van der Waals surface area contributed by atoms with Gasteiger partial charge in [0.15, 0.2) is 5.88 Å². The molecule has 2 heterocycles. The summed E-state index contributed by atoms with van der Waals surface area (Å²) < 4.78 is 1.56. The summed E-state index contributed by atoms with van der Waals surface area (Å²) in [5, 5.41) is 35.2. The Morgan fingerprint density at radius 3 is 2.57 bits per heavy atom. The van der Waals surface area contributed by atoms with Crippen molar-refractivity contribution in [3.05, 3.63) is 75.2 Å². The van der Waals surface area contributed by atoms with Crippen molar-refractivity contribution < 1.29 is 9.90 Å². The number of hydrogen-bond donors (Lipinski definition) is 4. The van der Waals surface area contributed by atoms with E-state index in [1.54, 1.807) is 35.9 Å². The molecule has 35 heavy (non-hydrogen) atoms. The summed E-state index contributed by atoms with van der Waals surface area (Å²) in [6, 6.07) is 9.98. The van der Waals surface area contributed by atoms with Gasteiger partial charge in [-0.1, -0.05) is 29.3 Å². The van der Waals surface area contributed by atoms with Gasteiger partial charge in [-0.05, 0) is 50.6 Å². The maximum absolute atomic E-state index is 12.6. The molecule has 1 unspecified atom stereocenters. The third-order valence-electron chi connectivity index (χ3n) is 5.22. The number of nitrogen functional groups attached to an aromatic ring is 1. The number of nitriles is 1. The van der Waals surface area contributed by atoms with Gasteiger partial charge < -0.3 is 16.2 Å². The van der Waals surface area contributed by atoms with Gasteiger partial charge in [0.2, 0.25) is 5.91 Å². The number of carbonyl (C=O) groups is 1. The summed E-state index contributed by atoms with van der Waals surface area (Å²) in [4.78, 5) is 17.0. The number of aromatic nitrogens is 3. The number of allylic oxidation sites excluding steroid dienone is 1. The first kappa shape index (κ1) is 25.7. The number of aliphatic hydroxyl groups is 1. The summed E-state index contributed by atoms with van der Waals surface area (Å²) >= 11 is 11.9. The number of hydrogen-bond acceptors (Lipinski definition) is 7. The fraction of sp³-hybridized carbons (Fsp3) is 0.208. The Kier molecular flexibility index (Phi) is 7.79. The van der Waals surface area contributed by atoms with Crippen LogP contribution in [0, 0.1) is 16.7 Å². The second-order valence-corrected chi connectivity index (χ2v) is 8.86. The first-order chi connectivity index (χ1) is 16.5. The van der Waals surface area contributed by atoms with Crippen molar-refractivity contribution in [2.45, 2.75) is 32.7 Å². The molecule has 180 valence electrons. The van der Waals surface area contributed by atoms with Crippen LogP contribution in [0.5, 0.6) is 0 Å². The Hall–Kier alpha value is -3.87. The largest absolute Gasteiger partial charge is 0.494 e. The van der Waals surface area contributed by atoms with E-state index in [1.807, 2.05) is 13.8 Å². The molecule has 0 saturated carbocycles. The number of pyridine rings is 1. The molecule has 1 amide bonds. The number of carbonyl (C=O) groups excluding carboxylic acids is 1. The summed E-state index contributed by atoms with van der Waals surface area (Å²) in [5.41, 5.74) is 7.91. The minimum atomic E-state index is -0.672. The molecular weight excluding hydrogens is 489 g/mol. The molecule has 3 aromatic rings. The predicted molar refractivity (Wildman–Crippen MR) is 136 cm³/mol. The Labute approximate surface area is 212 Å². The number of rotatable bonds is 7. The number of nitrogens with two attached hydrogens (primary N) is 1. The van der Waals surface area contributed by atoms with Gasteiger partial charge in [0.1, 0.15) is 23.1 Å². The van der Waals surface area contributed by atoms with Crippen LogP contribution >= 0.6 is 23.2 Å². The minimum absolute atomic E-state index is 0.0308. The second kappa shape index (κ2) is 10.6. The van der Waals surface area contributed by atoms with Gasteiger partial charge in [-0.15, -0.1) is 0 Å². The zero-order valence-corrected chi connectivity index (χ0v) is 20.7. The normalized spacial score (nSPS) is 12.3. The zero-order valence-electron chi connectivity index (χ0n) is 19.2. The van der Waals surface area contributed by atoms with E-state index in [4.69, 9.17) is 34.3 Å². The Morgan fingerprint density at radius 1 is 1.29 bits per heavy atom. The molecule has 0 saturated heterocycles. The smallest absolute Gasteiger partial charge is 0.233 e. The van der Waals surface area contributed by atoms with Gasteiger partial charge in [0, 0.05) is 28.9 Å². The van der Waals surface area contributed by atoms with Crippen molar-refractivity contribution >= 4 is 40.6 Å². The Morgan fingerprint density at radius 2 is 2.00 bits per heavy atom. The van der Waals surface area contributed by atoms with Crippen LogP contribution in [-0.2, 0) is 4.79 Å². The van der Waals surface area contributed by atoms with Crippen LogP contribution in [0.2, 0.25) is 10.0 Å². The third kappa shape index (κ3) is 5.62. The lowest BCUT2D eigenvalue weighted by atomic mass is 10.0. The van der Waals surface area contributed by atoms with Gasteiger partial charge in [0.25, 0.3) is 0 Å². The monoisotopic (exact) mass is 511 g/mol. The van der Waals surface area contributed by atoms with Crippen LogP contribution in [0.25, 0.3) is 11.4 Å². The number of benzene rings is 1. The number of halogens is 2. The SMILES string of the molecule is CC(C(=O)N/C(O)=C/C(=N)c1ccc(Cl)cc1Cl)c1ccc(-c2nn(C(C)C)c(N)c2C#N)nc1. The lowest BCUT2D eigenvalue weighted by Crippen LogP contribution is -2.28. The molecule has 2 aromatic heterocycles. The molecule has 0 radical (unpaired) electrons. The topological polar surface area (TPSA) is 154 Å². The zero-order chi connectivity index (χ0) is 25.9. The molecule has 0 bridgehead atoms. The van der Waals surface area contributed by atoms with Gasteiger partial charge in [-0.3, -0.25) is 15.1 Å². The van der Waals surface area contributed by atoms with Crippen LogP contribution in [0.15, 0.2) is 48.5 Å². The molecule has 11 heteroatoms. The standard InChI is InChI=1S/C24H23Cl2N7O2/c1-12(2)33-23(29)17(10-27)22(32-33)20-7-4-14(11-30-20)13(3)24(35)31-21(34)9-19(28)16-6-5-15(25)8-18(16)26/h4-9,11-13,28,34H,29H2,1-3H3,(H,31,35)/b21-9-,28-19?. The number of nitrogens with one attached hydrogen (secondary N) is 2. The molecule has 0 aliphatic heterocycles. The first-order valence-corrected chi connectivity index (χ1v) is 11.3. The van der Waals surface area contributed by atoms with Gasteiger partial charge in [-0.25, -0.2) is 4.68 Å². The number of amides is 1. The maximum Gasteiger partial charge on any atom is 0.233 e. The molecule has 5 N–H and O–H groups in total. The van der Waals surface area contributed by atoms with Crippen molar-refractivity contribution in [2.75, 3.05) is 5.73 Å². The molecule has 0 aliphatic carbocycles. The van der Waals surface area contributed by atoms with Gasteiger partial charge in [-0.2, -0.15) is 10.4 Å². The number of nitrogens with zero attached hydrogens (tertiary/aromatic N) is 4. The Balaban J connectivity index is 1.74. The molecule has 0 aliphatic rings. The van der Waals surface area contributed by atoms with Crippen molar-refractivity contribution in [3.8, 4) is 17.5 Å². The maximum atomic E-state index is 12.6. The average Bonchev–Trinajstić information content (AvgIpc) is 3.14. The van der Waals surface area contributed by atoms with E-state index >= 15 is 0 Å². The summed E-state index contributed by atoms with van der Waals surface area (Å²) in [5.74, 6) is -1.41. The molecule has 1 aromatic carbocycles. The van der Waals surface area contributed by atoms with E-state index in [-0.39, 0.29) is 28.2 Å². The van der Waals surface area contributed by atoms with E-state index in [9.17, 15) is 15.2 Å². The average molecular weight is 512 g/mol. The van der Waals surface area contributed by atoms with Crippen molar-refractivity contribution in [1.29, 1.82) is 10.7 Å². The fourth-order valence-electron chi connectivity index (χ4n) is 3.28. The number of aliphatic hydroxyl groups excluding tert-OH is 1. The predicted octanol–water partition coefficient (Wildman–Crippen LogP) is 4.97. The van der Waals surface area contributed by atoms with Crippen LogP contribution in [0.1, 0.15) is 49.4 Å². The van der Waals surface area contributed by atoms with E-state index in [0.717, 1.165) is 6.08 Å². The fourth-order valence-corrected chi connectivity index (χ4v) is 3.79. The molecular formula is C24H23Cl2N7O2. The van der Waals surface area contributed by atoms with E-state index < -0.39 is 17.7 Å². The quantitative estimate of drug-likeness (QED) is 0.259. The van der Waals surface area contributed by atoms with Crippen LogP contribution in [0.3, 0.4) is 0 Å². The highest BCUT2D eigenvalue weighted by Gasteiger charge is 2.21. The van der Waals surface area contributed by atoms with Gasteiger partial charge in [0.05, 0.1) is 22.3 Å². The Bertz CT molecular complexity index is 1360. The summed E-state index contributed by atoms with van der Waals surface area (Å²) in [7, 11) is 0. The third-order valence-corrected chi connectivity index (χ3v) is 5.77. The highest BCUT2D eigenvalue weighted by atomic mass is 35.5. The van der Waals surface area contributed by atoms with Crippen LogP contribution in [0.4, 0.5) is 5.82 Å². The van der Waals surface area contributed by atoms with Gasteiger partial charge >= 0.3 is 0 Å². The lowest BCUT2D eigenvalue weighted by Gasteiger charge is -2.12. The number of anilines is 1. The lowest BCUT2D eigenvalue weighted by molar-refractivity contribution is -0.122. The van der Waals surface area contributed by atoms with E-state index in [2.05, 4.69) is 21.5 Å². The highest BCUT2D eigenvalue weighted by molar-refractivity contribution is 6.37. The van der Waals surface area contributed by atoms with Crippen molar-refractivity contribution in [3.63, 3.8) is 0 Å². The van der Waals surface area contributed by atoms with E-state index in [0.29, 0.717) is 27.5 Å². The first-order valence-electron chi connectivity index (χ1n) is 10.5. The molecule has 0 fully saturated rings. The van der Waals surface area contributed by atoms with Crippen LogP contribution in [-0.4, -0.2) is 31.5 Å². The molecule has 1 atom stereocenters. The minimum Gasteiger partial charge on any atom is -0.494 e. The molecule has 0 spiro atoms. The molecule has 9 nitrogen and oxygen atoms in total. The van der Waals surface area contributed by atoms with Crippen LogP contribution < -0.4 is 11.1 Å². The van der Waals surface area contributed by atoms with E-state index in [1.165, 1.54) is 12.3 Å². The van der Waals surface area contributed by atoms with Crippen molar-refractivity contribution in [1.82, 2.24) is 20.1 Å². The second-order valence-electron chi connectivity index (χ2n) is 8.01. The highest BCUT2D eigenvalue weighted by Crippen LogP contribution is 2.28.